The van der Waals surface area contributed by atoms with Crippen molar-refractivity contribution in [3.63, 3.8) is 0 Å². The average Bonchev–Trinajstić information content (AvgIpc) is 2.31. The Morgan fingerprint density at radius 2 is 2.06 bits per heavy atom. The molecule has 1 aromatic rings. The van der Waals surface area contributed by atoms with Crippen LogP contribution in [0.3, 0.4) is 0 Å². The highest BCUT2D eigenvalue weighted by molar-refractivity contribution is 6.32. The van der Waals surface area contributed by atoms with Crippen molar-refractivity contribution in [2.24, 2.45) is 5.73 Å². The summed E-state index contributed by atoms with van der Waals surface area (Å²) in [7, 11) is 0. The third-order valence-electron chi connectivity index (χ3n) is 2.86. The molecule has 2 N–H and O–H groups in total. The van der Waals surface area contributed by atoms with Crippen LogP contribution in [0.15, 0.2) is 12.1 Å². The van der Waals surface area contributed by atoms with Crippen molar-refractivity contribution >= 4 is 11.6 Å². The van der Waals surface area contributed by atoms with Crippen LogP contribution in [0.2, 0.25) is 5.02 Å². The van der Waals surface area contributed by atoms with Gasteiger partial charge in [-0.3, -0.25) is 0 Å². The van der Waals surface area contributed by atoms with Gasteiger partial charge < -0.3 is 5.73 Å². The lowest BCUT2D eigenvalue weighted by Gasteiger charge is -2.11. The number of benzene rings is 1. The van der Waals surface area contributed by atoms with E-state index in [9.17, 15) is 0 Å². The molecule has 1 aromatic carbocycles. The molecule has 0 aliphatic carbocycles. The third-order valence-corrected chi connectivity index (χ3v) is 3.30. The molecule has 0 aromatic heterocycles. The average molecular weight is 251 g/mol. The van der Waals surface area contributed by atoms with Crippen molar-refractivity contribution in [1.82, 2.24) is 0 Å². The molecule has 0 heterocycles. The van der Waals surface area contributed by atoms with Gasteiger partial charge in [0.15, 0.2) is 0 Å². The summed E-state index contributed by atoms with van der Waals surface area (Å²) in [5.74, 6) is 0.410. The largest absolute Gasteiger partial charge is 0.330 e. The fourth-order valence-corrected chi connectivity index (χ4v) is 2.01. The van der Waals surface area contributed by atoms with Gasteiger partial charge in [0.2, 0.25) is 0 Å². The minimum absolute atomic E-state index is 0.410. The molecule has 0 aliphatic rings. The van der Waals surface area contributed by atoms with Gasteiger partial charge in [-0.05, 0) is 48.9 Å². The molecule has 2 nitrogen and oxygen atoms in total. The van der Waals surface area contributed by atoms with Gasteiger partial charge in [-0.25, -0.2) is 0 Å². The van der Waals surface area contributed by atoms with Crippen molar-refractivity contribution in [2.75, 3.05) is 6.54 Å². The van der Waals surface area contributed by atoms with Gasteiger partial charge in [0.25, 0.3) is 0 Å². The quantitative estimate of drug-likeness (QED) is 0.812. The van der Waals surface area contributed by atoms with E-state index in [1.807, 2.05) is 6.07 Å². The summed E-state index contributed by atoms with van der Waals surface area (Å²) in [5, 5.41) is 9.67. The predicted octanol–water partition coefficient (Wildman–Crippen LogP) is 3.62. The number of rotatable bonds is 5. The first-order chi connectivity index (χ1) is 8.10. The number of halogens is 1. The van der Waals surface area contributed by atoms with Gasteiger partial charge in [0.05, 0.1) is 10.6 Å². The second-order valence-corrected chi connectivity index (χ2v) is 4.93. The van der Waals surface area contributed by atoms with Crippen LogP contribution in [0.25, 0.3) is 0 Å². The molecule has 3 heteroatoms. The smallest absolute Gasteiger partial charge is 0.101 e. The van der Waals surface area contributed by atoms with Gasteiger partial charge in [0, 0.05) is 0 Å². The highest BCUT2D eigenvalue weighted by Gasteiger charge is 2.10. The number of nitrogens with zero attached hydrogens (tertiary/aromatic N) is 1. The van der Waals surface area contributed by atoms with Crippen LogP contribution in [-0.2, 0) is 6.42 Å². The monoisotopic (exact) mass is 250 g/mol. The summed E-state index contributed by atoms with van der Waals surface area (Å²) < 4.78 is 0. The lowest BCUT2D eigenvalue weighted by molar-refractivity contribution is 0.742. The Morgan fingerprint density at radius 1 is 1.35 bits per heavy atom. The maximum Gasteiger partial charge on any atom is 0.101 e. The van der Waals surface area contributed by atoms with Crippen molar-refractivity contribution in [3.8, 4) is 6.07 Å². The molecule has 0 saturated carbocycles. The molecular formula is C14H19ClN2. The van der Waals surface area contributed by atoms with Gasteiger partial charge in [-0.1, -0.05) is 31.5 Å². The van der Waals surface area contributed by atoms with Crippen molar-refractivity contribution < 1.29 is 0 Å². The number of nitriles is 1. The number of aryl methyl sites for hydroxylation is 1. The fraction of sp³-hybridized carbons (Fsp3) is 0.500. The normalized spacial score (nSPS) is 10.6. The molecule has 0 unspecified atom stereocenters. The number of nitrogens with two attached hydrogens (primary N) is 1. The summed E-state index contributed by atoms with van der Waals surface area (Å²) in [4.78, 5) is 0. The van der Waals surface area contributed by atoms with Crippen LogP contribution in [0.5, 0.6) is 0 Å². The summed E-state index contributed by atoms with van der Waals surface area (Å²) in [6, 6.07) is 6.17. The van der Waals surface area contributed by atoms with E-state index in [0.717, 1.165) is 24.8 Å². The zero-order valence-corrected chi connectivity index (χ0v) is 11.2. The molecule has 0 spiro atoms. The standard InChI is InChI=1S/C14H19ClN2/c1-10(2)12-7-11(5-3-4-6-16)14(15)13(8-12)9-17/h7-8,10H,3-6,16H2,1-2H3. The second kappa shape index (κ2) is 6.64. The Balaban J connectivity index is 3.02. The Kier molecular flexibility index (Phi) is 5.47. The highest BCUT2D eigenvalue weighted by atomic mass is 35.5. The van der Waals surface area contributed by atoms with E-state index in [0.29, 0.717) is 23.0 Å². The van der Waals surface area contributed by atoms with Crippen molar-refractivity contribution in [2.45, 2.75) is 39.0 Å². The number of hydrogen-bond acceptors (Lipinski definition) is 2. The molecule has 92 valence electrons. The zero-order valence-electron chi connectivity index (χ0n) is 10.5. The SMILES string of the molecule is CC(C)c1cc(C#N)c(Cl)c(CCCCN)c1. The Labute approximate surface area is 108 Å². The Bertz CT molecular complexity index is 419. The maximum absolute atomic E-state index is 9.07. The highest BCUT2D eigenvalue weighted by Crippen LogP contribution is 2.27. The Morgan fingerprint density at radius 3 is 2.59 bits per heavy atom. The van der Waals surface area contributed by atoms with E-state index in [1.165, 1.54) is 5.56 Å². The maximum atomic E-state index is 9.07. The van der Waals surface area contributed by atoms with Gasteiger partial charge >= 0.3 is 0 Å². The van der Waals surface area contributed by atoms with Crippen molar-refractivity contribution in [3.05, 3.63) is 33.8 Å². The molecule has 17 heavy (non-hydrogen) atoms. The van der Waals surface area contributed by atoms with E-state index in [1.54, 1.807) is 0 Å². The van der Waals surface area contributed by atoms with Crippen LogP contribution >= 0.6 is 11.6 Å². The predicted molar refractivity (Wildman–Crippen MR) is 72.2 cm³/mol. The summed E-state index contributed by atoms with van der Waals surface area (Å²) in [5.41, 5.74) is 8.31. The van der Waals surface area contributed by atoms with E-state index < -0.39 is 0 Å². The molecule has 0 atom stereocenters. The van der Waals surface area contributed by atoms with Crippen LogP contribution < -0.4 is 5.73 Å². The zero-order chi connectivity index (χ0) is 12.8. The van der Waals surface area contributed by atoms with Crippen LogP contribution in [0.1, 0.15) is 49.3 Å². The molecule has 1 rings (SSSR count). The molecule has 0 amide bonds. The molecule has 0 radical (unpaired) electrons. The second-order valence-electron chi connectivity index (χ2n) is 4.55. The first-order valence-electron chi connectivity index (χ1n) is 6.02. The van der Waals surface area contributed by atoms with Crippen LogP contribution in [0.4, 0.5) is 0 Å². The summed E-state index contributed by atoms with van der Waals surface area (Å²) >= 11 is 6.21. The summed E-state index contributed by atoms with van der Waals surface area (Å²) in [6.45, 7) is 4.94. The number of unbranched alkanes of at least 4 members (excludes halogenated alkanes) is 1. The van der Waals surface area contributed by atoms with Crippen LogP contribution in [0, 0.1) is 11.3 Å². The minimum Gasteiger partial charge on any atom is -0.330 e. The first kappa shape index (κ1) is 14.0. The first-order valence-corrected chi connectivity index (χ1v) is 6.40. The molecular weight excluding hydrogens is 232 g/mol. The van der Waals surface area contributed by atoms with Gasteiger partial charge in [-0.15, -0.1) is 0 Å². The van der Waals surface area contributed by atoms with Crippen LogP contribution in [-0.4, -0.2) is 6.54 Å². The molecule has 0 bridgehead atoms. The topological polar surface area (TPSA) is 49.8 Å². The van der Waals surface area contributed by atoms with Crippen molar-refractivity contribution in [1.29, 1.82) is 5.26 Å². The lowest BCUT2D eigenvalue weighted by Crippen LogP contribution is -2.00. The fourth-order valence-electron chi connectivity index (χ4n) is 1.77. The van der Waals surface area contributed by atoms with E-state index >= 15 is 0 Å². The minimum atomic E-state index is 0.410. The van der Waals surface area contributed by atoms with E-state index in [2.05, 4.69) is 26.0 Å². The van der Waals surface area contributed by atoms with Gasteiger partial charge in [0.1, 0.15) is 6.07 Å². The third kappa shape index (κ3) is 3.73. The number of hydrogen-bond donors (Lipinski definition) is 1. The lowest BCUT2D eigenvalue weighted by atomic mass is 9.96. The van der Waals surface area contributed by atoms with E-state index in [4.69, 9.17) is 22.6 Å². The van der Waals surface area contributed by atoms with E-state index in [-0.39, 0.29) is 0 Å². The molecule has 0 fully saturated rings. The summed E-state index contributed by atoms with van der Waals surface area (Å²) in [6.07, 6.45) is 2.90. The molecule has 0 saturated heterocycles. The Hall–Kier alpha value is -1.04. The molecule has 0 aliphatic heterocycles. The van der Waals surface area contributed by atoms with Gasteiger partial charge in [-0.2, -0.15) is 5.26 Å².